The van der Waals surface area contributed by atoms with Crippen LogP contribution in [-0.2, 0) is 14.3 Å². The molecule has 1 saturated heterocycles. The lowest BCUT2D eigenvalue weighted by molar-refractivity contribution is -0.140. The largest absolute Gasteiger partial charge is 0.481 e. The average Bonchev–Trinajstić information content (AvgIpc) is 2.72. The van der Waals surface area contributed by atoms with Crippen LogP contribution in [0.15, 0.2) is 16.5 Å². The second-order valence-electron chi connectivity index (χ2n) is 3.47. The van der Waals surface area contributed by atoms with E-state index in [1.54, 1.807) is 6.07 Å². The summed E-state index contributed by atoms with van der Waals surface area (Å²) >= 11 is 0. The molecule has 2 unspecified atom stereocenters. The van der Waals surface area contributed by atoms with Crippen LogP contribution in [0.5, 0.6) is 0 Å². The molecule has 2 heterocycles. The molecule has 1 aliphatic rings. The Bertz CT molecular complexity index is 356. The minimum Gasteiger partial charge on any atom is -0.481 e. The van der Waals surface area contributed by atoms with Crippen LogP contribution >= 0.6 is 0 Å². The fraction of sp³-hybridized carbons (Fsp3) is 0.500. The van der Waals surface area contributed by atoms with Gasteiger partial charge >= 0.3 is 5.97 Å². The average molecular weight is 212 g/mol. The number of ether oxygens (including phenoxy) is 2. The van der Waals surface area contributed by atoms with Gasteiger partial charge in [-0.15, -0.1) is 0 Å². The van der Waals surface area contributed by atoms with E-state index in [0.717, 1.165) is 5.76 Å². The van der Waals surface area contributed by atoms with E-state index < -0.39 is 18.4 Å². The normalized spacial score (nSPS) is 25.7. The molecule has 1 aliphatic heterocycles. The van der Waals surface area contributed by atoms with Crippen LogP contribution in [0.1, 0.15) is 24.2 Å². The lowest BCUT2D eigenvalue weighted by atomic mass is 10.3. The van der Waals surface area contributed by atoms with Gasteiger partial charge in [0.2, 0.25) is 6.29 Å². The van der Waals surface area contributed by atoms with Crippen LogP contribution in [0.25, 0.3) is 0 Å². The van der Waals surface area contributed by atoms with E-state index in [0.29, 0.717) is 5.76 Å². The zero-order chi connectivity index (χ0) is 10.8. The number of carboxylic acid groups (broad SMARTS) is 1. The van der Waals surface area contributed by atoms with Crippen molar-refractivity contribution in [1.82, 2.24) is 0 Å². The molecule has 1 N–H and O–H groups in total. The van der Waals surface area contributed by atoms with Gasteiger partial charge in [0.05, 0.1) is 19.1 Å². The van der Waals surface area contributed by atoms with Gasteiger partial charge in [0.25, 0.3) is 0 Å². The Morgan fingerprint density at radius 1 is 1.60 bits per heavy atom. The topological polar surface area (TPSA) is 68.9 Å². The van der Waals surface area contributed by atoms with Gasteiger partial charge < -0.3 is 19.0 Å². The van der Waals surface area contributed by atoms with E-state index in [1.807, 2.05) is 13.0 Å². The van der Waals surface area contributed by atoms with Crippen molar-refractivity contribution in [2.75, 3.05) is 6.61 Å². The third-order valence-corrected chi connectivity index (χ3v) is 2.15. The first kappa shape index (κ1) is 10.2. The molecule has 0 radical (unpaired) electrons. The zero-order valence-corrected chi connectivity index (χ0v) is 8.30. The predicted molar refractivity (Wildman–Crippen MR) is 49.3 cm³/mol. The van der Waals surface area contributed by atoms with Crippen molar-refractivity contribution >= 4 is 5.97 Å². The Kier molecular flexibility index (Phi) is 2.75. The number of carbonyl (C=O) groups is 1. The summed E-state index contributed by atoms with van der Waals surface area (Å²) in [6, 6.07) is 3.58. The van der Waals surface area contributed by atoms with Crippen molar-refractivity contribution in [3.05, 3.63) is 23.7 Å². The van der Waals surface area contributed by atoms with E-state index in [1.165, 1.54) is 0 Å². The highest BCUT2D eigenvalue weighted by Gasteiger charge is 2.30. The van der Waals surface area contributed by atoms with Crippen LogP contribution < -0.4 is 0 Å². The van der Waals surface area contributed by atoms with E-state index in [2.05, 4.69) is 0 Å². The highest BCUT2D eigenvalue weighted by atomic mass is 16.7. The predicted octanol–water partition coefficient (Wildman–Crippen LogP) is 1.48. The highest BCUT2D eigenvalue weighted by Crippen LogP contribution is 2.29. The summed E-state index contributed by atoms with van der Waals surface area (Å²) in [6.45, 7) is 2.11. The maximum absolute atomic E-state index is 10.4. The molecule has 0 aromatic carbocycles. The SMILES string of the molecule is Cc1ccc(C2OCC(CC(=O)O)O2)o1. The second kappa shape index (κ2) is 4.04. The summed E-state index contributed by atoms with van der Waals surface area (Å²) < 4.78 is 16.0. The summed E-state index contributed by atoms with van der Waals surface area (Å²) in [5.41, 5.74) is 0. The minimum absolute atomic E-state index is 0.0454. The van der Waals surface area contributed by atoms with Crippen molar-refractivity contribution in [2.45, 2.75) is 25.7 Å². The molecule has 15 heavy (non-hydrogen) atoms. The Labute approximate surface area is 86.6 Å². The summed E-state index contributed by atoms with van der Waals surface area (Å²) in [4.78, 5) is 10.4. The van der Waals surface area contributed by atoms with Gasteiger partial charge in [-0.1, -0.05) is 0 Å². The molecule has 5 nitrogen and oxygen atoms in total. The first-order valence-corrected chi connectivity index (χ1v) is 4.70. The standard InChI is InChI=1S/C10H12O5/c1-6-2-3-8(14-6)10-13-5-7(15-10)4-9(11)12/h2-3,7,10H,4-5H2,1H3,(H,11,12). The van der Waals surface area contributed by atoms with Crippen LogP contribution in [-0.4, -0.2) is 23.8 Å². The third-order valence-electron chi connectivity index (χ3n) is 2.15. The maximum Gasteiger partial charge on any atom is 0.306 e. The van der Waals surface area contributed by atoms with Crippen LogP contribution in [0.3, 0.4) is 0 Å². The second-order valence-corrected chi connectivity index (χ2v) is 3.47. The molecule has 5 heteroatoms. The molecule has 82 valence electrons. The molecule has 1 aromatic rings. The number of aliphatic carboxylic acids is 1. The lowest BCUT2D eigenvalue weighted by Crippen LogP contribution is -2.15. The van der Waals surface area contributed by atoms with Gasteiger partial charge in [-0.3, -0.25) is 4.79 Å². The van der Waals surface area contributed by atoms with Gasteiger partial charge in [0, 0.05) is 0 Å². The van der Waals surface area contributed by atoms with Crippen molar-refractivity contribution in [3.8, 4) is 0 Å². The number of hydrogen-bond acceptors (Lipinski definition) is 4. The van der Waals surface area contributed by atoms with Gasteiger partial charge in [-0.05, 0) is 19.1 Å². The van der Waals surface area contributed by atoms with Gasteiger partial charge in [0.1, 0.15) is 5.76 Å². The van der Waals surface area contributed by atoms with Gasteiger partial charge in [0.15, 0.2) is 5.76 Å². The molecular weight excluding hydrogens is 200 g/mol. The van der Waals surface area contributed by atoms with Gasteiger partial charge in [-0.2, -0.15) is 0 Å². The molecule has 0 spiro atoms. The van der Waals surface area contributed by atoms with E-state index >= 15 is 0 Å². The Balaban J connectivity index is 1.95. The van der Waals surface area contributed by atoms with Crippen molar-refractivity contribution < 1.29 is 23.8 Å². The molecule has 2 rings (SSSR count). The fourth-order valence-corrected chi connectivity index (χ4v) is 1.48. The number of carboxylic acids is 1. The maximum atomic E-state index is 10.4. The summed E-state index contributed by atoms with van der Waals surface area (Å²) in [6.07, 6.45) is -1.00. The van der Waals surface area contributed by atoms with Crippen molar-refractivity contribution in [2.24, 2.45) is 0 Å². The Morgan fingerprint density at radius 3 is 3.00 bits per heavy atom. The molecule has 0 amide bonds. The van der Waals surface area contributed by atoms with Crippen LogP contribution in [0.4, 0.5) is 0 Å². The minimum atomic E-state index is -0.889. The molecule has 0 saturated carbocycles. The van der Waals surface area contributed by atoms with E-state index in [9.17, 15) is 4.79 Å². The number of furan rings is 1. The van der Waals surface area contributed by atoms with E-state index in [4.69, 9.17) is 19.0 Å². The van der Waals surface area contributed by atoms with Crippen molar-refractivity contribution in [3.63, 3.8) is 0 Å². The van der Waals surface area contributed by atoms with E-state index in [-0.39, 0.29) is 13.0 Å². The lowest BCUT2D eigenvalue weighted by Gasteiger charge is -2.07. The smallest absolute Gasteiger partial charge is 0.306 e. The summed E-state index contributed by atoms with van der Waals surface area (Å²) in [5.74, 6) is 0.471. The molecule has 1 aromatic heterocycles. The molecule has 2 atom stereocenters. The van der Waals surface area contributed by atoms with Gasteiger partial charge in [-0.25, -0.2) is 0 Å². The third kappa shape index (κ3) is 2.37. The Hall–Kier alpha value is -1.33. The first-order chi connectivity index (χ1) is 7.15. The fourth-order valence-electron chi connectivity index (χ4n) is 1.48. The zero-order valence-electron chi connectivity index (χ0n) is 8.30. The summed E-state index contributed by atoms with van der Waals surface area (Å²) in [5, 5.41) is 8.58. The highest BCUT2D eigenvalue weighted by molar-refractivity contribution is 5.67. The number of aryl methyl sites for hydroxylation is 1. The summed E-state index contributed by atoms with van der Waals surface area (Å²) in [7, 11) is 0. The molecule has 0 bridgehead atoms. The monoisotopic (exact) mass is 212 g/mol. The first-order valence-electron chi connectivity index (χ1n) is 4.70. The Morgan fingerprint density at radius 2 is 2.40 bits per heavy atom. The molecule has 1 fully saturated rings. The van der Waals surface area contributed by atoms with Crippen molar-refractivity contribution in [1.29, 1.82) is 0 Å². The number of rotatable bonds is 3. The molecule has 0 aliphatic carbocycles. The van der Waals surface area contributed by atoms with Crippen LogP contribution in [0, 0.1) is 6.92 Å². The number of hydrogen-bond donors (Lipinski definition) is 1. The van der Waals surface area contributed by atoms with Crippen LogP contribution in [0.2, 0.25) is 0 Å². The molecular formula is C10H12O5. The quantitative estimate of drug-likeness (QED) is 0.821.